The van der Waals surface area contributed by atoms with Crippen molar-refractivity contribution in [2.75, 3.05) is 35.7 Å². The Bertz CT molecular complexity index is 1120. The highest BCUT2D eigenvalue weighted by molar-refractivity contribution is 7.90. The zero-order valence-corrected chi connectivity index (χ0v) is 18.2. The minimum atomic E-state index is -3.29. The summed E-state index contributed by atoms with van der Waals surface area (Å²) in [6, 6.07) is 11.7. The Kier molecular flexibility index (Phi) is 5.70. The van der Waals surface area contributed by atoms with E-state index in [4.69, 9.17) is 0 Å². The summed E-state index contributed by atoms with van der Waals surface area (Å²) >= 11 is 0. The maximum atomic E-state index is 13.3. The van der Waals surface area contributed by atoms with Gasteiger partial charge in [-0.1, -0.05) is 12.1 Å². The monoisotopic (exact) mass is 443 g/mol. The van der Waals surface area contributed by atoms with Crippen LogP contribution in [-0.2, 0) is 21.1 Å². The van der Waals surface area contributed by atoms with Gasteiger partial charge in [0.05, 0.1) is 9.82 Å². The van der Waals surface area contributed by atoms with Crippen molar-refractivity contribution < 1.29 is 18.1 Å². The van der Waals surface area contributed by atoms with Gasteiger partial charge in [0.25, 0.3) is 5.69 Å². The van der Waals surface area contributed by atoms with Gasteiger partial charge in [0.2, 0.25) is 5.91 Å². The number of hydrogen-bond acceptors (Lipinski definition) is 6. The Hall–Kier alpha value is -2.94. The number of nitrogens with zero attached hydrogens (tertiary/aromatic N) is 3. The van der Waals surface area contributed by atoms with Gasteiger partial charge in [-0.05, 0) is 55.5 Å². The molecule has 2 aromatic carbocycles. The van der Waals surface area contributed by atoms with Crippen molar-refractivity contribution in [2.24, 2.45) is 5.92 Å². The van der Waals surface area contributed by atoms with Gasteiger partial charge < -0.3 is 9.80 Å². The van der Waals surface area contributed by atoms with Crippen LogP contribution < -0.4 is 9.80 Å². The van der Waals surface area contributed by atoms with Gasteiger partial charge in [0, 0.05) is 43.6 Å². The molecule has 8 nitrogen and oxygen atoms in total. The fourth-order valence-corrected chi connectivity index (χ4v) is 5.18. The van der Waals surface area contributed by atoms with Crippen molar-refractivity contribution in [3.63, 3.8) is 0 Å². The number of amides is 1. The predicted molar refractivity (Wildman–Crippen MR) is 118 cm³/mol. The lowest BCUT2D eigenvalue weighted by atomic mass is 9.92. The number of carbonyl (C=O) groups is 1. The van der Waals surface area contributed by atoms with Crippen molar-refractivity contribution in [3.05, 3.63) is 58.1 Å². The quantitative estimate of drug-likeness (QED) is 0.531. The number of nitro benzene ring substituents is 1. The molecule has 2 aromatic rings. The summed E-state index contributed by atoms with van der Waals surface area (Å²) in [5, 5.41) is 11.3. The largest absolute Gasteiger partial charge is 0.366 e. The van der Waals surface area contributed by atoms with Crippen molar-refractivity contribution in [3.8, 4) is 0 Å². The van der Waals surface area contributed by atoms with E-state index in [9.17, 15) is 23.3 Å². The molecule has 4 rings (SSSR count). The van der Waals surface area contributed by atoms with Gasteiger partial charge >= 0.3 is 0 Å². The maximum Gasteiger partial charge on any atom is 0.292 e. The highest BCUT2D eigenvalue weighted by Crippen LogP contribution is 2.34. The Morgan fingerprint density at radius 3 is 2.45 bits per heavy atom. The molecular formula is C22H25N3O5S. The third kappa shape index (κ3) is 4.27. The molecule has 0 spiro atoms. The molecule has 0 unspecified atom stereocenters. The molecule has 1 saturated heterocycles. The second-order valence-electron chi connectivity index (χ2n) is 8.16. The van der Waals surface area contributed by atoms with Crippen LogP contribution in [0.3, 0.4) is 0 Å². The fraction of sp³-hybridized carbons (Fsp3) is 0.409. The Morgan fingerprint density at radius 2 is 1.77 bits per heavy atom. The Labute approximate surface area is 181 Å². The van der Waals surface area contributed by atoms with Crippen molar-refractivity contribution in [1.82, 2.24) is 0 Å². The van der Waals surface area contributed by atoms with Gasteiger partial charge in [0.15, 0.2) is 9.84 Å². The Balaban J connectivity index is 1.49. The molecule has 0 radical (unpaired) electrons. The molecule has 0 saturated carbocycles. The van der Waals surface area contributed by atoms with Crippen LogP contribution in [0.25, 0.3) is 0 Å². The number of sulfone groups is 1. The van der Waals surface area contributed by atoms with E-state index in [1.165, 1.54) is 12.3 Å². The number of fused-ring (bicyclic) bond motifs is 1. The normalized spacial score (nSPS) is 17.3. The molecular weight excluding hydrogens is 418 g/mol. The van der Waals surface area contributed by atoms with Crippen molar-refractivity contribution in [2.45, 2.75) is 30.6 Å². The first kappa shape index (κ1) is 21.3. The van der Waals surface area contributed by atoms with E-state index >= 15 is 0 Å². The molecule has 1 amide bonds. The van der Waals surface area contributed by atoms with E-state index in [2.05, 4.69) is 0 Å². The van der Waals surface area contributed by atoms with Crippen molar-refractivity contribution >= 4 is 32.8 Å². The number of benzene rings is 2. The van der Waals surface area contributed by atoms with Gasteiger partial charge in [-0.25, -0.2) is 8.42 Å². The van der Waals surface area contributed by atoms with Crippen LogP contribution in [0.5, 0.6) is 0 Å². The zero-order chi connectivity index (χ0) is 22.2. The number of hydrogen-bond donors (Lipinski definition) is 0. The van der Waals surface area contributed by atoms with Crippen LogP contribution >= 0.6 is 0 Å². The summed E-state index contributed by atoms with van der Waals surface area (Å²) in [5.41, 5.74) is 2.36. The summed E-state index contributed by atoms with van der Waals surface area (Å²) in [5.74, 6) is -0.102. The highest BCUT2D eigenvalue weighted by atomic mass is 32.2. The lowest BCUT2D eigenvalue weighted by Crippen LogP contribution is -2.44. The zero-order valence-electron chi connectivity index (χ0n) is 17.4. The number of carbonyl (C=O) groups excluding carboxylic acids is 1. The highest BCUT2D eigenvalue weighted by Gasteiger charge is 2.33. The third-order valence-electron chi connectivity index (χ3n) is 6.13. The van der Waals surface area contributed by atoms with Crippen LogP contribution in [0.2, 0.25) is 0 Å². The second kappa shape index (κ2) is 8.30. The van der Waals surface area contributed by atoms with E-state index in [1.807, 2.05) is 4.90 Å². The lowest BCUT2D eigenvalue weighted by molar-refractivity contribution is -0.384. The standard InChI is InChI=1S/C22H25N3O5S/c1-31(29,30)18-8-9-19-17(15-18)5-4-12-24(19)22(26)16-10-13-23(14-11-16)20-6-2-3-7-21(20)25(27)28/h2-3,6-9,15-16H,4-5,10-14H2,1H3. The summed E-state index contributed by atoms with van der Waals surface area (Å²) in [7, 11) is -3.29. The minimum Gasteiger partial charge on any atom is -0.366 e. The van der Waals surface area contributed by atoms with E-state index in [0.29, 0.717) is 38.2 Å². The Morgan fingerprint density at radius 1 is 1.06 bits per heavy atom. The maximum absolute atomic E-state index is 13.3. The van der Waals surface area contributed by atoms with Crippen molar-refractivity contribution in [1.29, 1.82) is 0 Å². The minimum absolute atomic E-state index is 0.0512. The number of nitro groups is 1. The smallest absolute Gasteiger partial charge is 0.292 e. The average Bonchev–Trinajstić information content (AvgIpc) is 2.77. The first-order chi connectivity index (χ1) is 14.8. The molecule has 2 aliphatic heterocycles. The molecule has 0 atom stereocenters. The van der Waals surface area contributed by atoms with Gasteiger partial charge in [-0.15, -0.1) is 0 Å². The average molecular weight is 444 g/mol. The van der Waals surface area contributed by atoms with Crippen LogP contribution in [0.1, 0.15) is 24.8 Å². The topological polar surface area (TPSA) is 101 Å². The van der Waals surface area contributed by atoms with E-state index in [0.717, 1.165) is 24.1 Å². The second-order valence-corrected chi connectivity index (χ2v) is 10.2. The van der Waals surface area contributed by atoms with Crippen LogP contribution in [0.15, 0.2) is 47.4 Å². The molecule has 0 bridgehead atoms. The molecule has 31 heavy (non-hydrogen) atoms. The SMILES string of the molecule is CS(=O)(=O)c1ccc2c(c1)CCCN2C(=O)C1CCN(c2ccccc2[N+](=O)[O-])CC1. The van der Waals surface area contributed by atoms with E-state index < -0.39 is 9.84 Å². The summed E-state index contributed by atoms with van der Waals surface area (Å²) in [6.07, 6.45) is 3.97. The van der Waals surface area contributed by atoms with Gasteiger partial charge in [0.1, 0.15) is 5.69 Å². The first-order valence-electron chi connectivity index (χ1n) is 10.4. The number of aryl methyl sites for hydroxylation is 1. The van der Waals surface area contributed by atoms with Crippen LogP contribution in [0.4, 0.5) is 17.1 Å². The molecule has 1 fully saturated rings. The number of rotatable bonds is 4. The third-order valence-corrected chi connectivity index (χ3v) is 7.24. The van der Waals surface area contributed by atoms with Gasteiger partial charge in [-0.3, -0.25) is 14.9 Å². The molecule has 2 heterocycles. The summed E-state index contributed by atoms with van der Waals surface area (Å²) in [4.78, 5) is 28.3. The number of anilines is 2. The molecule has 0 aromatic heterocycles. The summed E-state index contributed by atoms with van der Waals surface area (Å²) in [6.45, 7) is 1.78. The number of para-hydroxylation sites is 2. The van der Waals surface area contributed by atoms with Crippen LogP contribution in [-0.4, -0.2) is 45.1 Å². The molecule has 0 aliphatic carbocycles. The molecule has 2 aliphatic rings. The lowest BCUT2D eigenvalue weighted by Gasteiger charge is -2.37. The van der Waals surface area contributed by atoms with Crippen LogP contribution in [0, 0.1) is 16.0 Å². The molecule has 0 N–H and O–H groups in total. The van der Waals surface area contributed by atoms with Gasteiger partial charge in [-0.2, -0.15) is 0 Å². The van der Waals surface area contributed by atoms with E-state index in [-0.39, 0.29) is 27.3 Å². The summed E-state index contributed by atoms with van der Waals surface area (Å²) < 4.78 is 23.7. The predicted octanol–water partition coefficient (Wildman–Crippen LogP) is 3.19. The fourth-order valence-electron chi connectivity index (χ4n) is 4.51. The molecule has 164 valence electrons. The number of piperidine rings is 1. The first-order valence-corrected chi connectivity index (χ1v) is 12.3. The molecule has 9 heteroatoms. The van der Waals surface area contributed by atoms with E-state index in [1.54, 1.807) is 41.3 Å².